The summed E-state index contributed by atoms with van der Waals surface area (Å²) in [7, 11) is 4.07. The fourth-order valence-electron chi connectivity index (χ4n) is 0.674. The lowest BCUT2D eigenvalue weighted by atomic mass is 10.3. The molecule has 0 radical (unpaired) electrons. The molecule has 0 saturated carbocycles. The summed E-state index contributed by atoms with van der Waals surface area (Å²) in [4.78, 5) is 2.08. The molecule has 1 heteroatoms. The van der Waals surface area contributed by atoms with Gasteiger partial charge in [-0.25, -0.2) is 0 Å². The lowest BCUT2D eigenvalue weighted by Crippen LogP contribution is -2.08. The molecule has 9 heavy (non-hydrogen) atoms. The molecule has 0 spiro atoms. The van der Waals surface area contributed by atoms with E-state index in [4.69, 9.17) is 0 Å². The van der Waals surface area contributed by atoms with Gasteiger partial charge in [0, 0.05) is 19.8 Å². The molecule has 0 aromatic carbocycles. The van der Waals surface area contributed by atoms with E-state index >= 15 is 0 Å². The molecule has 0 unspecified atom stereocenters. The smallest absolute Gasteiger partial charge is 0.0314 e. The van der Waals surface area contributed by atoms with Gasteiger partial charge in [0.1, 0.15) is 0 Å². The third-order valence-corrected chi connectivity index (χ3v) is 1.15. The summed E-state index contributed by atoms with van der Waals surface area (Å²) in [5, 5.41) is 0. The van der Waals surface area contributed by atoms with Gasteiger partial charge in [0.05, 0.1) is 0 Å². The minimum Gasteiger partial charge on any atom is -0.378 e. The van der Waals surface area contributed by atoms with Crippen molar-refractivity contribution in [3.63, 3.8) is 0 Å². The summed E-state index contributed by atoms with van der Waals surface area (Å²) in [5.74, 6) is 0. The summed E-state index contributed by atoms with van der Waals surface area (Å²) in [6, 6.07) is 0. The van der Waals surface area contributed by atoms with Gasteiger partial charge in [-0.1, -0.05) is 12.2 Å². The molecular formula is C8H15N. The van der Waals surface area contributed by atoms with E-state index in [2.05, 4.69) is 17.1 Å². The van der Waals surface area contributed by atoms with E-state index < -0.39 is 0 Å². The topological polar surface area (TPSA) is 3.24 Å². The number of nitrogens with zero attached hydrogens (tertiary/aromatic N) is 1. The first kappa shape index (κ1) is 8.28. The minimum absolute atomic E-state index is 1.25. The van der Waals surface area contributed by atoms with Crippen molar-refractivity contribution < 1.29 is 0 Å². The van der Waals surface area contributed by atoms with E-state index in [1.165, 1.54) is 5.70 Å². The van der Waals surface area contributed by atoms with Crippen LogP contribution in [0.5, 0.6) is 0 Å². The van der Waals surface area contributed by atoms with Crippen LogP contribution in [0.2, 0.25) is 0 Å². The summed E-state index contributed by atoms with van der Waals surface area (Å²) >= 11 is 0. The average molecular weight is 125 g/mol. The second-order valence-corrected chi connectivity index (χ2v) is 2.11. The van der Waals surface area contributed by atoms with Crippen LogP contribution in [0, 0.1) is 0 Å². The molecule has 0 aliphatic rings. The highest BCUT2D eigenvalue weighted by atomic mass is 15.1. The molecule has 52 valence electrons. The van der Waals surface area contributed by atoms with Crippen molar-refractivity contribution in [2.75, 3.05) is 14.1 Å². The van der Waals surface area contributed by atoms with Gasteiger partial charge in [-0.15, -0.1) is 0 Å². The minimum atomic E-state index is 1.25. The van der Waals surface area contributed by atoms with Crippen LogP contribution in [0.25, 0.3) is 0 Å². The molecule has 0 aromatic rings. The molecule has 0 aliphatic heterocycles. The summed E-state index contributed by atoms with van der Waals surface area (Å²) < 4.78 is 0. The molecule has 0 amide bonds. The lowest BCUT2D eigenvalue weighted by Gasteiger charge is -2.11. The maximum absolute atomic E-state index is 2.08. The zero-order valence-electron chi connectivity index (χ0n) is 6.68. The summed E-state index contributed by atoms with van der Waals surface area (Å²) in [5.41, 5.74) is 1.25. The largest absolute Gasteiger partial charge is 0.378 e. The Labute approximate surface area is 57.7 Å². The van der Waals surface area contributed by atoms with Gasteiger partial charge in [0.2, 0.25) is 0 Å². The molecular weight excluding hydrogens is 110 g/mol. The molecule has 0 aliphatic carbocycles. The van der Waals surface area contributed by atoms with Crippen molar-refractivity contribution in [1.82, 2.24) is 4.90 Å². The highest BCUT2D eigenvalue weighted by molar-refractivity contribution is 5.14. The monoisotopic (exact) mass is 125 g/mol. The van der Waals surface area contributed by atoms with Crippen molar-refractivity contribution in [3.8, 4) is 0 Å². The number of allylic oxidation sites excluding steroid dienone is 3. The highest BCUT2D eigenvalue weighted by Gasteiger charge is 1.88. The van der Waals surface area contributed by atoms with E-state index in [0.717, 1.165) is 0 Å². The Balaban J connectivity index is 4.01. The summed E-state index contributed by atoms with van der Waals surface area (Å²) in [6.45, 7) is 4.06. The van der Waals surface area contributed by atoms with Gasteiger partial charge < -0.3 is 4.90 Å². The van der Waals surface area contributed by atoms with Crippen LogP contribution in [-0.4, -0.2) is 19.0 Å². The van der Waals surface area contributed by atoms with Crippen molar-refractivity contribution in [1.29, 1.82) is 0 Å². The average Bonchev–Trinajstić information content (AvgIpc) is 1.82. The van der Waals surface area contributed by atoms with Crippen molar-refractivity contribution in [3.05, 3.63) is 23.9 Å². The highest BCUT2D eigenvalue weighted by Crippen LogP contribution is 1.98. The quantitative estimate of drug-likeness (QED) is 0.510. The molecule has 0 fully saturated rings. The van der Waals surface area contributed by atoms with Crippen LogP contribution < -0.4 is 0 Å². The Morgan fingerprint density at radius 2 is 1.78 bits per heavy atom. The predicted molar refractivity (Wildman–Crippen MR) is 42.3 cm³/mol. The van der Waals surface area contributed by atoms with Crippen molar-refractivity contribution in [2.24, 2.45) is 0 Å². The normalized spacial score (nSPS) is 12.7. The molecule has 0 saturated heterocycles. The van der Waals surface area contributed by atoms with Gasteiger partial charge in [-0.3, -0.25) is 0 Å². The second kappa shape index (κ2) is 4.19. The van der Waals surface area contributed by atoms with Crippen LogP contribution in [0.3, 0.4) is 0 Å². The van der Waals surface area contributed by atoms with Crippen molar-refractivity contribution in [2.45, 2.75) is 13.8 Å². The first-order valence-corrected chi connectivity index (χ1v) is 3.18. The maximum Gasteiger partial charge on any atom is 0.0314 e. The van der Waals surface area contributed by atoms with Gasteiger partial charge in [0.15, 0.2) is 0 Å². The molecule has 1 nitrogen and oxygen atoms in total. The zero-order valence-corrected chi connectivity index (χ0v) is 6.68. The Morgan fingerprint density at radius 1 is 1.22 bits per heavy atom. The molecule has 0 heterocycles. The van der Waals surface area contributed by atoms with Crippen LogP contribution in [0.4, 0.5) is 0 Å². The SMILES string of the molecule is C/C=C/C(=C\C)N(C)C. The van der Waals surface area contributed by atoms with E-state index in [0.29, 0.717) is 0 Å². The molecule has 0 bridgehead atoms. The van der Waals surface area contributed by atoms with Gasteiger partial charge in [0.25, 0.3) is 0 Å². The van der Waals surface area contributed by atoms with E-state index in [-0.39, 0.29) is 0 Å². The third kappa shape index (κ3) is 2.96. The molecule has 0 atom stereocenters. The van der Waals surface area contributed by atoms with E-state index in [1.54, 1.807) is 0 Å². The zero-order chi connectivity index (χ0) is 7.28. The van der Waals surface area contributed by atoms with Crippen LogP contribution in [-0.2, 0) is 0 Å². The van der Waals surface area contributed by atoms with Crippen LogP contribution in [0.1, 0.15) is 13.8 Å². The standard InChI is InChI=1S/C8H15N/c1-5-7-8(6-2)9(3)4/h5-7H,1-4H3/b7-5+,8-6+. The van der Waals surface area contributed by atoms with Crippen molar-refractivity contribution >= 4 is 0 Å². The number of likely N-dealkylation sites (N-methyl/N-ethyl adjacent to an activating group) is 1. The fourth-order valence-corrected chi connectivity index (χ4v) is 0.674. The van der Waals surface area contributed by atoms with Crippen LogP contribution >= 0.6 is 0 Å². The Kier molecular flexibility index (Phi) is 3.85. The van der Waals surface area contributed by atoms with E-state index in [9.17, 15) is 0 Å². The Bertz CT molecular complexity index is 121. The van der Waals surface area contributed by atoms with Gasteiger partial charge in [-0.2, -0.15) is 0 Å². The molecule has 0 rings (SSSR count). The fraction of sp³-hybridized carbons (Fsp3) is 0.500. The first-order chi connectivity index (χ1) is 4.22. The molecule has 0 aromatic heterocycles. The lowest BCUT2D eigenvalue weighted by molar-refractivity contribution is 0.529. The number of hydrogen-bond acceptors (Lipinski definition) is 1. The number of hydrogen-bond donors (Lipinski definition) is 0. The molecule has 0 N–H and O–H groups in total. The Morgan fingerprint density at radius 3 is 1.89 bits per heavy atom. The summed E-state index contributed by atoms with van der Waals surface area (Å²) in [6.07, 6.45) is 6.20. The maximum atomic E-state index is 2.08. The van der Waals surface area contributed by atoms with Gasteiger partial charge >= 0.3 is 0 Å². The predicted octanol–water partition coefficient (Wildman–Crippen LogP) is 2.03. The first-order valence-electron chi connectivity index (χ1n) is 3.18. The number of rotatable bonds is 2. The van der Waals surface area contributed by atoms with E-state index in [1.807, 2.05) is 34.0 Å². The third-order valence-electron chi connectivity index (χ3n) is 1.15. The van der Waals surface area contributed by atoms with Gasteiger partial charge in [-0.05, 0) is 19.9 Å². The second-order valence-electron chi connectivity index (χ2n) is 2.11. The Hall–Kier alpha value is -0.720. The van der Waals surface area contributed by atoms with Crippen LogP contribution in [0.15, 0.2) is 23.9 Å².